The van der Waals surface area contributed by atoms with Gasteiger partial charge in [0.15, 0.2) is 12.2 Å². The Balaban J connectivity index is 1.33. The van der Waals surface area contributed by atoms with Gasteiger partial charge in [-0.15, -0.1) is 0 Å². The van der Waals surface area contributed by atoms with E-state index < -0.39 is 24.0 Å². The monoisotopic (exact) mass is 501 g/mol. The molecule has 0 unspecified atom stereocenters. The lowest BCUT2D eigenvalue weighted by Gasteiger charge is -2.40. The fourth-order valence-corrected chi connectivity index (χ4v) is 4.92. The van der Waals surface area contributed by atoms with Crippen LogP contribution in [0.3, 0.4) is 0 Å². The average Bonchev–Trinajstić information content (AvgIpc) is 3.16. The molecule has 2 aromatic carbocycles. The van der Waals surface area contributed by atoms with Crippen molar-refractivity contribution in [2.75, 3.05) is 25.0 Å². The molecule has 2 aliphatic rings. The summed E-state index contributed by atoms with van der Waals surface area (Å²) in [5.74, 6) is -1.39. The van der Waals surface area contributed by atoms with Gasteiger partial charge in [-0.1, -0.05) is 46.3 Å². The predicted octanol–water partition coefficient (Wildman–Crippen LogP) is 2.33. The van der Waals surface area contributed by atoms with Crippen LogP contribution in [0.25, 0.3) is 0 Å². The molecule has 8 heteroatoms. The SMILES string of the molecule is C[C@H](NC(=O)[C@H](O)[C@@H](O)C(=O)N1CCC2(CC1)CNc1ccccc12)c1ccc(Br)cc1. The quantitative estimate of drug-likeness (QED) is 0.503. The Kier molecular flexibility index (Phi) is 6.55. The van der Waals surface area contributed by atoms with E-state index in [-0.39, 0.29) is 11.5 Å². The topological polar surface area (TPSA) is 102 Å². The number of hydrogen-bond acceptors (Lipinski definition) is 5. The molecular formula is C24H28BrN3O4. The lowest BCUT2D eigenvalue weighted by atomic mass is 9.74. The zero-order chi connectivity index (χ0) is 22.9. The standard InChI is InChI=1S/C24H28BrN3O4/c1-15(16-6-8-17(25)9-7-16)27-22(31)20(29)21(30)23(32)28-12-10-24(11-13-28)14-26-19-5-3-2-4-18(19)24/h2-9,15,20-21,26,29-30H,10-14H2,1H3,(H,27,31)/t15-,20+,21+/m0/s1. The first-order valence-corrected chi connectivity index (χ1v) is 11.6. The van der Waals surface area contributed by atoms with E-state index in [4.69, 9.17) is 0 Å². The normalized spacial score (nSPS) is 19.6. The number of para-hydroxylation sites is 1. The maximum atomic E-state index is 12.8. The highest BCUT2D eigenvalue weighted by molar-refractivity contribution is 9.10. The predicted molar refractivity (Wildman–Crippen MR) is 125 cm³/mol. The number of hydrogen-bond donors (Lipinski definition) is 4. The van der Waals surface area contributed by atoms with E-state index >= 15 is 0 Å². The molecule has 3 atom stereocenters. The summed E-state index contributed by atoms with van der Waals surface area (Å²) in [5.41, 5.74) is 3.24. The van der Waals surface area contributed by atoms with E-state index in [9.17, 15) is 19.8 Å². The van der Waals surface area contributed by atoms with Crippen molar-refractivity contribution in [1.29, 1.82) is 0 Å². The third-order valence-electron chi connectivity index (χ3n) is 6.70. The number of nitrogens with one attached hydrogen (secondary N) is 2. The van der Waals surface area contributed by atoms with Crippen LogP contribution in [0, 0.1) is 0 Å². The van der Waals surface area contributed by atoms with Gasteiger partial charge in [-0.2, -0.15) is 0 Å². The number of aliphatic hydroxyl groups is 2. The molecule has 1 saturated heterocycles. The Morgan fingerprint density at radius 3 is 2.41 bits per heavy atom. The maximum Gasteiger partial charge on any atom is 0.254 e. The van der Waals surface area contributed by atoms with E-state index in [0.717, 1.165) is 35.1 Å². The largest absolute Gasteiger partial charge is 0.384 e. The van der Waals surface area contributed by atoms with Crippen molar-refractivity contribution >= 4 is 33.4 Å². The minimum absolute atomic E-state index is 0.0194. The average molecular weight is 502 g/mol. The fraction of sp³-hybridized carbons (Fsp3) is 0.417. The van der Waals surface area contributed by atoms with Crippen molar-refractivity contribution in [3.8, 4) is 0 Å². The van der Waals surface area contributed by atoms with Gasteiger partial charge in [0.1, 0.15) is 0 Å². The molecule has 7 nitrogen and oxygen atoms in total. The van der Waals surface area contributed by atoms with Crippen molar-refractivity contribution in [3.63, 3.8) is 0 Å². The van der Waals surface area contributed by atoms with Crippen LogP contribution < -0.4 is 10.6 Å². The number of nitrogens with zero attached hydrogens (tertiary/aromatic N) is 1. The number of amides is 2. The van der Waals surface area contributed by atoms with Gasteiger partial charge in [-0.05, 0) is 49.1 Å². The molecule has 0 bridgehead atoms. The fourth-order valence-electron chi connectivity index (χ4n) is 4.66. The third kappa shape index (κ3) is 4.40. The summed E-state index contributed by atoms with van der Waals surface area (Å²) in [7, 11) is 0. The number of carbonyl (C=O) groups is 2. The van der Waals surface area contributed by atoms with Crippen molar-refractivity contribution in [3.05, 3.63) is 64.1 Å². The molecular weight excluding hydrogens is 474 g/mol. The second-order valence-corrected chi connectivity index (χ2v) is 9.59. The molecule has 4 N–H and O–H groups in total. The van der Waals surface area contributed by atoms with Crippen molar-refractivity contribution < 1.29 is 19.8 Å². The number of piperidine rings is 1. The second kappa shape index (κ2) is 9.21. The molecule has 1 fully saturated rings. The van der Waals surface area contributed by atoms with Gasteiger partial charge in [-0.3, -0.25) is 9.59 Å². The van der Waals surface area contributed by atoms with Crippen LogP contribution in [0.5, 0.6) is 0 Å². The maximum absolute atomic E-state index is 12.8. The summed E-state index contributed by atoms with van der Waals surface area (Å²) >= 11 is 3.36. The molecule has 1 spiro atoms. The summed E-state index contributed by atoms with van der Waals surface area (Å²) < 4.78 is 0.918. The third-order valence-corrected chi connectivity index (χ3v) is 7.23. The smallest absolute Gasteiger partial charge is 0.254 e. The van der Waals surface area contributed by atoms with E-state index in [0.29, 0.717) is 13.1 Å². The summed E-state index contributed by atoms with van der Waals surface area (Å²) in [6, 6.07) is 15.3. The van der Waals surface area contributed by atoms with Crippen LogP contribution in [-0.4, -0.2) is 58.8 Å². The van der Waals surface area contributed by atoms with Gasteiger partial charge < -0.3 is 25.7 Å². The molecule has 32 heavy (non-hydrogen) atoms. The van der Waals surface area contributed by atoms with E-state index in [1.807, 2.05) is 36.4 Å². The minimum Gasteiger partial charge on any atom is -0.384 e. The molecule has 0 aromatic heterocycles. The van der Waals surface area contributed by atoms with Crippen LogP contribution in [0.1, 0.15) is 36.9 Å². The summed E-state index contributed by atoms with van der Waals surface area (Å²) in [5, 5.41) is 26.9. The molecule has 170 valence electrons. The highest BCUT2D eigenvalue weighted by atomic mass is 79.9. The van der Waals surface area contributed by atoms with Crippen LogP contribution in [0.2, 0.25) is 0 Å². The molecule has 2 aromatic rings. The molecule has 2 aliphatic heterocycles. The first-order chi connectivity index (χ1) is 15.3. The number of anilines is 1. The van der Waals surface area contributed by atoms with Gasteiger partial charge >= 0.3 is 0 Å². The Labute approximate surface area is 195 Å². The Bertz CT molecular complexity index is 989. The second-order valence-electron chi connectivity index (χ2n) is 8.68. The molecule has 4 rings (SSSR count). The lowest BCUT2D eigenvalue weighted by molar-refractivity contribution is -0.154. The highest BCUT2D eigenvalue weighted by Crippen LogP contribution is 2.43. The lowest BCUT2D eigenvalue weighted by Crippen LogP contribution is -2.54. The van der Waals surface area contributed by atoms with Crippen molar-refractivity contribution in [1.82, 2.24) is 10.2 Å². The highest BCUT2D eigenvalue weighted by Gasteiger charge is 2.43. The van der Waals surface area contributed by atoms with Crippen molar-refractivity contribution in [2.24, 2.45) is 0 Å². The first-order valence-electron chi connectivity index (χ1n) is 10.8. The van der Waals surface area contributed by atoms with Crippen LogP contribution in [0.4, 0.5) is 5.69 Å². The first kappa shape index (κ1) is 22.8. The number of rotatable bonds is 5. The molecule has 2 heterocycles. The number of likely N-dealkylation sites (tertiary alicyclic amines) is 1. The van der Waals surface area contributed by atoms with Gasteiger partial charge in [-0.25, -0.2) is 0 Å². The molecule has 0 saturated carbocycles. The molecule has 0 aliphatic carbocycles. The number of benzene rings is 2. The van der Waals surface area contributed by atoms with Gasteiger partial charge in [0.2, 0.25) is 0 Å². The number of halogens is 1. The zero-order valence-electron chi connectivity index (χ0n) is 17.9. The van der Waals surface area contributed by atoms with Crippen molar-refractivity contribution in [2.45, 2.75) is 43.4 Å². The van der Waals surface area contributed by atoms with E-state index in [1.165, 1.54) is 5.56 Å². The van der Waals surface area contributed by atoms with Gasteiger partial charge in [0.25, 0.3) is 11.8 Å². The van der Waals surface area contributed by atoms with Gasteiger partial charge in [0.05, 0.1) is 6.04 Å². The number of fused-ring (bicyclic) bond motifs is 2. The summed E-state index contributed by atoms with van der Waals surface area (Å²) in [6.07, 6.45) is -2.10. The van der Waals surface area contributed by atoms with Gasteiger partial charge in [0, 0.05) is 35.2 Å². The summed E-state index contributed by atoms with van der Waals surface area (Å²) in [6.45, 7) is 3.54. The van der Waals surface area contributed by atoms with Crippen LogP contribution in [0.15, 0.2) is 53.0 Å². The Morgan fingerprint density at radius 2 is 1.72 bits per heavy atom. The molecule has 0 radical (unpaired) electrons. The number of carbonyl (C=O) groups excluding carboxylic acids is 2. The minimum atomic E-state index is -1.83. The summed E-state index contributed by atoms with van der Waals surface area (Å²) in [4.78, 5) is 26.8. The number of aliphatic hydroxyl groups excluding tert-OH is 2. The van der Waals surface area contributed by atoms with Crippen LogP contribution in [-0.2, 0) is 15.0 Å². The van der Waals surface area contributed by atoms with Crippen LogP contribution >= 0.6 is 15.9 Å². The molecule has 2 amide bonds. The Hall–Kier alpha value is -2.42. The zero-order valence-corrected chi connectivity index (χ0v) is 19.5. The van der Waals surface area contributed by atoms with E-state index in [2.05, 4.69) is 38.7 Å². The van der Waals surface area contributed by atoms with E-state index in [1.54, 1.807) is 11.8 Å². The Morgan fingerprint density at radius 1 is 1.06 bits per heavy atom.